The molecule has 6 heteroatoms. The Balaban J connectivity index is 1.64. The van der Waals surface area contributed by atoms with Crippen LogP contribution in [0.3, 0.4) is 0 Å². The summed E-state index contributed by atoms with van der Waals surface area (Å²) < 4.78 is 1.89. The first kappa shape index (κ1) is 22.6. The molecule has 6 nitrogen and oxygen atoms in total. The molecule has 1 N–H and O–H groups in total. The van der Waals surface area contributed by atoms with Gasteiger partial charge >= 0.3 is 0 Å². The molecule has 0 saturated carbocycles. The van der Waals surface area contributed by atoms with Gasteiger partial charge in [0.2, 0.25) is 0 Å². The van der Waals surface area contributed by atoms with Gasteiger partial charge in [0.05, 0.1) is 17.3 Å². The van der Waals surface area contributed by atoms with Crippen molar-refractivity contribution in [2.75, 3.05) is 6.54 Å². The van der Waals surface area contributed by atoms with E-state index in [9.17, 15) is 14.7 Å². The molecule has 4 aromatic rings. The van der Waals surface area contributed by atoms with Gasteiger partial charge in [0.1, 0.15) is 11.3 Å². The van der Waals surface area contributed by atoms with Crippen molar-refractivity contribution in [2.24, 2.45) is 0 Å². The van der Waals surface area contributed by atoms with Crippen molar-refractivity contribution in [1.29, 1.82) is 0 Å². The summed E-state index contributed by atoms with van der Waals surface area (Å²) in [5.74, 6) is -1.53. The van der Waals surface area contributed by atoms with Crippen molar-refractivity contribution < 1.29 is 14.7 Å². The van der Waals surface area contributed by atoms with E-state index >= 15 is 0 Å². The van der Waals surface area contributed by atoms with Crippen LogP contribution < -0.4 is 0 Å². The zero-order valence-electron chi connectivity index (χ0n) is 20.0. The SMILES string of the molecule is Cc1ccc(C2/C(=C(\O)c3nc4c(C)cccn4c3C)C(=O)C(=O)N2CCc2ccccc2)cc1. The second-order valence-electron chi connectivity index (χ2n) is 9.07. The van der Waals surface area contributed by atoms with Gasteiger partial charge in [-0.3, -0.25) is 9.59 Å². The summed E-state index contributed by atoms with van der Waals surface area (Å²) in [5.41, 5.74) is 5.69. The number of ketones is 1. The number of Topliss-reactive ketones (excluding diaryl/α,β-unsaturated/α-hetero) is 1. The minimum atomic E-state index is -0.690. The first-order valence-corrected chi connectivity index (χ1v) is 11.7. The highest BCUT2D eigenvalue weighted by atomic mass is 16.3. The first-order chi connectivity index (χ1) is 16.9. The molecule has 1 fully saturated rings. The molecular weight excluding hydrogens is 438 g/mol. The van der Waals surface area contributed by atoms with Crippen molar-refractivity contribution >= 4 is 23.1 Å². The van der Waals surface area contributed by atoms with Gasteiger partial charge in [-0.05, 0) is 49.9 Å². The molecule has 0 spiro atoms. The van der Waals surface area contributed by atoms with Crippen LogP contribution in [0.25, 0.3) is 11.4 Å². The summed E-state index contributed by atoms with van der Waals surface area (Å²) in [7, 11) is 0. The average molecular weight is 466 g/mol. The largest absolute Gasteiger partial charge is 0.505 e. The zero-order chi connectivity index (χ0) is 24.7. The Labute approximate surface area is 204 Å². The average Bonchev–Trinajstić information content (AvgIpc) is 3.33. The number of amides is 1. The number of rotatable bonds is 5. The van der Waals surface area contributed by atoms with E-state index in [-0.39, 0.29) is 11.3 Å². The molecule has 176 valence electrons. The molecule has 0 bridgehead atoms. The number of hydrogen-bond donors (Lipinski definition) is 1. The molecular formula is C29H27N3O3. The number of fused-ring (bicyclic) bond motifs is 1. The maximum atomic E-state index is 13.3. The first-order valence-electron chi connectivity index (χ1n) is 11.7. The summed E-state index contributed by atoms with van der Waals surface area (Å²) in [6, 6.07) is 20.7. The van der Waals surface area contributed by atoms with Crippen LogP contribution in [0.4, 0.5) is 0 Å². The Hall–Kier alpha value is -4.19. The van der Waals surface area contributed by atoms with E-state index in [1.807, 2.05) is 98.1 Å². The summed E-state index contributed by atoms with van der Waals surface area (Å²) in [5, 5.41) is 11.5. The van der Waals surface area contributed by atoms with Gasteiger partial charge in [0.15, 0.2) is 5.76 Å². The topological polar surface area (TPSA) is 74.9 Å². The highest BCUT2D eigenvalue weighted by Crippen LogP contribution is 2.40. The summed E-state index contributed by atoms with van der Waals surface area (Å²) in [6.07, 6.45) is 2.47. The number of carbonyl (C=O) groups excluding carboxylic acids is 2. The maximum absolute atomic E-state index is 13.3. The fourth-order valence-electron chi connectivity index (χ4n) is 4.77. The number of carbonyl (C=O) groups is 2. The molecule has 5 rings (SSSR count). The van der Waals surface area contributed by atoms with Gasteiger partial charge in [-0.2, -0.15) is 0 Å². The lowest BCUT2D eigenvalue weighted by molar-refractivity contribution is -0.139. The lowest BCUT2D eigenvalue weighted by atomic mass is 9.95. The number of likely N-dealkylation sites (tertiary alicyclic amines) is 1. The summed E-state index contributed by atoms with van der Waals surface area (Å²) in [6.45, 7) is 6.13. The van der Waals surface area contributed by atoms with Gasteiger partial charge in [-0.25, -0.2) is 4.98 Å². The minimum Gasteiger partial charge on any atom is -0.505 e. The fraction of sp³-hybridized carbons (Fsp3) is 0.207. The van der Waals surface area contributed by atoms with Crippen LogP contribution in [0.1, 0.15) is 39.7 Å². The van der Waals surface area contributed by atoms with Crippen LogP contribution >= 0.6 is 0 Å². The molecule has 1 atom stereocenters. The minimum absolute atomic E-state index is 0.0797. The number of hydrogen-bond acceptors (Lipinski definition) is 4. The lowest BCUT2D eigenvalue weighted by Gasteiger charge is -2.25. The fourth-order valence-corrected chi connectivity index (χ4v) is 4.77. The summed E-state index contributed by atoms with van der Waals surface area (Å²) >= 11 is 0. The van der Waals surface area contributed by atoms with E-state index in [0.29, 0.717) is 30.0 Å². The van der Waals surface area contributed by atoms with Crippen molar-refractivity contribution in [1.82, 2.24) is 14.3 Å². The van der Waals surface area contributed by atoms with Crippen LogP contribution in [0.2, 0.25) is 0 Å². The number of benzene rings is 2. The van der Waals surface area contributed by atoms with Crippen molar-refractivity contribution in [2.45, 2.75) is 33.2 Å². The smallest absolute Gasteiger partial charge is 0.295 e. The Morgan fingerprint density at radius 1 is 0.943 bits per heavy atom. The van der Waals surface area contributed by atoms with E-state index in [1.165, 1.54) is 0 Å². The van der Waals surface area contributed by atoms with E-state index < -0.39 is 17.7 Å². The number of nitrogens with zero attached hydrogens (tertiary/aromatic N) is 3. The molecule has 0 radical (unpaired) electrons. The third kappa shape index (κ3) is 3.91. The quantitative estimate of drug-likeness (QED) is 0.258. The van der Waals surface area contributed by atoms with Crippen molar-refractivity contribution in [3.63, 3.8) is 0 Å². The van der Waals surface area contributed by atoms with E-state index in [0.717, 1.165) is 22.3 Å². The third-order valence-electron chi connectivity index (χ3n) is 6.73. The monoisotopic (exact) mass is 465 g/mol. The van der Waals surface area contributed by atoms with Crippen molar-refractivity contribution in [3.05, 3.63) is 112 Å². The van der Waals surface area contributed by atoms with Gasteiger partial charge in [0, 0.05) is 12.7 Å². The number of aliphatic hydroxyl groups is 1. The Morgan fingerprint density at radius 2 is 1.66 bits per heavy atom. The predicted molar refractivity (Wildman–Crippen MR) is 135 cm³/mol. The molecule has 2 aromatic carbocycles. The number of pyridine rings is 1. The Bertz CT molecular complexity index is 1470. The molecule has 0 aliphatic carbocycles. The highest BCUT2D eigenvalue weighted by molar-refractivity contribution is 6.46. The van der Waals surface area contributed by atoms with Gasteiger partial charge in [-0.1, -0.05) is 66.2 Å². The Morgan fingerprint density at radius 3 is 2.34 bits per heavy atom. The van der Waals surface area contributed by atoms with Gasteiger partial charge in [0.25, 0.3) is 11.7 Å². The zero-order valence-corrected chi connectivity index (χ0v) is 20.0. The van der Waals surface area contributed by atoms with Gasteiger partial charge < -0.3 is 14.4 Å². The molecule has 2 aromatic heterocycles. The lowest BCUT2D eigenvalue weighted by Crippen LogP contribution is -2.31. The molecule has 1 aliphatic heterocycles. The Kier molecular flexibility index (Phi) is 5.73. The predicted octanol–water partition coefficient (Wildman–Crippen LogP) is 4.92. The van der Waals surface area contributed by atoms with Crippen LogP contribution in [0.5, 0.6) is 0 Å². The maximum Gasteiger partial charge on any atom is 0.295 e. The number of aryl methyl sites for hydroxylation is 3. The molecule has 3 heterocycles. The number of imidazole rings is 1. The molecule has 1 amide bonds. The van der Waals surface area contributed by atoms with Crippen molar-refractivity contribution in [3.8, 4) is 0 Å². The second kappa shape index (κ2) is 8.87. The third-order valence-corrected chi connectivity index (χ3v) is 6.73. The standard InChI is InChI=1S/C29H27N3O3/c1-18-11-13-22(14-12-18)25-23(26(33)24-20(3)31-16-7-8-19(2)28(31)30-24)27(34)29(35)32(25)17-15-21-9-5-4-6-10-21/h4-14,16,25,33H,15,17H2,1-3H3/b26-23+. The van der Waals surface area contributed by atoms with Gasteiger partial charge in [-0.15, -0.1) is 0 Å². The highest BCUT2D eigenvalue weighted by Gasteiger charge is 2.46. The number of aromatic nitrogens is 2. The van der Waals surface area contributed by atoms with E-state index in [2.05, 4.69) is 4.98 Å². The van der Waals surface area contributed by atoms with Crippen LogP contribution in [-0.4, -0.2) is 37.6 Å². The van der Waals surface area contributed by atoms with E-state index in [4.69, 9.17) is 0 Å². The second-order valence-corrected chi connectivity index (χ2v) is 9.07. The molecule has 35 heavy (non-hydrogen) atoms. The normalized spacial score (nSPS) is 17.5. The van der Waals surface area contributed by atoms with Crippen LogP contribution in [-0.2, 0) is 16.0 Å². The molecule has 1 saturated heterocycles. The molecule has 1 aliphatic rings. The number of aliphatic hydroxyl groups excluding tert-OH is 1. The summed E-state index contributed by atoms with van der Waals surface area (Å²) in [4.78, 5) is 32.8. The van der Waals surface area contributed by atoms with E-state index in [1.54, 1.807) is 4.90 Å². The molecule has 1 unspecified atom stereocenters. The van der Waals surface area contributed by atoms with Crippen LogP contribution in [0.15, 0.2) is 78.5 Å². The van der Waals surface area contributed by atoms with Crippen LogP contribution in [0, 0.1) is 20.8 Å².